The van der Waals surface area contributed by atoms with Crippen LogP contribution in [-0.2, 0) is 14.3 Å². The fourth-order valence-electron chi connectivity index (χ4n) is 3.82. The molecule has 3 nitrogen and oxygen atoms in total. The van der Waals surface area contributed by atoms with Crippen molar-refractivity contribution in [2.75, 3.05) is 6.61 Å². The van der Waals surface area contributed by atoms with Crippen LogP contribution in [0, 0.1) is 18.8 Å². The van der Waals surface area contributed by atoms with Gasteiger partial charge in [0.1, 0.15) is 0 Å². The number of hydrogen-bond acceptors (Lipinski definition) is 3. The quantitative estimate of drug-likeness (QED) is 0.514. The van der Waals surface area contributed by atoms with E-state index in [0.29, 0.717) is 13.0 Å². The van der Waals surface area contributed by atoms with E-state index in [4.69, 9.17) is 9.47 Å². The van der Waals surface area contributed by atoms with Gasteiger partial charge >= 0.3 is 5.97 Å². The van der Waals surface area contributed by atoms with Crippen molar-refractivity contribution in [2.45, 2.75) is 39.4 Å². The normalized spacial score (nSPS) is 25.0. The second-order valence-corrected chi connectivity index (χ2v) is 7.35. The molecule has 1 aliphatic rings. The lowest BCUT2D eigenvalue weighted by Gasteiger charge is -2.41. The van der Waals surface area contributed by atoms with Gasteiger partial charge < -0.3 is 9.47 Å². The number of rotatable bonds is 5. The third-order valence-electron chi connectivity index (χ3n) is 5.29. The van der Waals surface area contributed by atoms with Gasteiger partial charge in [-0.25, -0.2) is 0 Å². The third kappa shape index (κ3) is 4.30. The maximum atomic E-state index is 12.7. The van der Waals surface area contributed by atoms with E-state index < -0.39 is 0 Å². The minimum absolute atomic E-state index is 0.0714. The van der Waals surface area contributed by atoms with Crippen molar-refractivity contribution in [1.29, 1.82) is 0 Å². The molecular formula is C24H28O3. The van der Waals surface area contributed by atoms with Crippen molar-refractivity contribution in [2.24, 2.45) is 11.8 Å². The van der Waals surface area contributed by atoms with Gasteiger partial charge in [0.05, 0.1) is 24.7 Å². The Kier molecular flexibility index (Phi) is 6.12. The molecule has 0 radical (unpaired) electrons. The van der Waals surface area contributed by atoms with Crippen LogP contribution in [-0.4, -0.2) is 12.6 Å². The summed E-state index contributed by atoms with van der Waals surface area (Å²) in [6.07, 6.45) is 0.220. The molecule has 4 atom stereocenters. The third-order valence-corrected chi connectivity index (χ3v) is 5.29. The van der Waals surface area contributed by atoms with Crippen LogP contribution >= 0.6 is 0 Å². The number of benzene rings is 2. The van der Waals surface area contributed by atoms with Gasteiger partial charge in [0.15, 0.2) is 0 Å². The summed E-state index contributed by atoms with van der Waals surface area (Å²) in [5.41, 5.74) is 4.37. The van der Waals surface area contributed by atoms with E-state index in [2.05, 4.69) is 37.8 Å². The van der Waals surface area contributed by atoms with E-state index in [1.165, 1.54) is 5.56 Å². The van der Waals surface area contributed by atoms with E-state index in [0.717, 1.165) is 16.7 Å². The van der Waals surface area contributed by atoms with E-state index in [1.54, 1.807) is 0 Å². The van der Waals surface area contributed by atoms with Crippen LogP contribution in [0.5, 0.6) is 0 Å². The van der Waals surface area contributed by atoms with Crippen LogP contribution in [0.3, 0.4) is 0 Å². The molecule has 0 spiro atoms. The van der Waals surface area contributed by atoms with Crippen molar-refractivity contribution in [3.63, 3.8) is 0 Å². The topological polar surface area (TPSA) is 35.5 Å². The van der Waals surface area contributed by atoms with Gasteiger partial charge in [-0.2, -0.15) is 0 Å². The minimum Gasteiger partial charge on any atom is -0.466 e. The van der Waals surface area contributed by atoms with Gasteiger partial charge in [0, 0.05) is 5.92 Å². The second-order valence-electron chi connectivity index (χ2n) is 7.35. The fraction of sp³-hybridized carbons (Fsp3) is 0.375. The number of ether oxygens (including phenoxy) is 2. The average Bonchev–Trinajstić information content (AvgIpc) is 2.68. The minimum atomic E-state index is -0.337. The van der Waals surface area contributed by atoms with Gasteiger partial charge in [0.25, 0.3) is 0 Å². The molecule has 3 rings (SSSR count). The summed E-state index contributed by atoms with van der Waals surface area (Å²) in [7, 11) is 0. The summed E-state index contributed by atoms with van der Waals surface area (Å²) in [6, 6.07) is 18.4. The molecule has 2 aromatic rings. The lowest BCUT2D eigenvalue weighted by molar-refractivity contribution is -0.169. The molecular weight excluding hydrogens is 336 g/mol. The molecule has 27 heavy (non-hydrogen) atoms. The number of esters is 1. The van der Waals surface area contributed by atoms with Gasteiger partial charge in [-0.3, -0.25) is 4.79 Å². The van der Waals surface area contributed by atoms with Crippen molar-refractivity contribution in [3.8, 4) is 0 Å². The zero-order chi connectivity index (χ0) is 19.4. The first-order valence-corrected chi connectivity index (χ1v) is 9.60. The van der Waals surface area contributed by atoms with Crippen LogP contribution in [0.1, 0.15) is 49.2 Å². The van der Waals surface area contributed by atoms with E-state index >= 15 is 0 Å². The molecule has 0 aromatic heterocycles. The molecule has 0 bridgehead atoms. The molecule has 2 aromatic carbocycles. The average molecular weight is 364 g/mol. The van der Waals surface area contributed by atoms with Crippen molar-refractivity contribution >= 4 is 5.97 Å². The summed E-state index contributed by atoms with van der Waals surface area (Å²) in [5.74, 6) is -0.460. The Bertz CT molecular complexity index is 779. The number of hydrogen-bond donors (Lipinski definition) is 0. The molecule has 0 saturated carbocycles. The summed E-state index contributed by atoms with van der Waals surface area (Å²) < 4.78 is 12.0. The monoisotopic (exact) mass is 364 g/mol. The van der Waals surface area contributed by atoms with E-state index in [-0.39, 0.29) is 30.0 Å². The molecule has 0 N–H and O–H groups in total. The smallest absolute Gasteiger partial charge is 0.311 e. The number of carbonyl (C=O) groups is 1. The summed E-state index contributed by atoms with van der Waals surface area (Å²) in [6.45, 7) is 10.5. The molecule has 3 heteroatoms. The van der Waals surface area contributed by atoms with Gasteiger partial charge in [0.2, 0.25) is 0 Å². The largest absolute Gasteiger partial charge is 0.466 e. The molecule has 1 saturated heterocycles. The Hall–Kier alpha value is -2.39. The molecule has 1 fully saturated rings. The molecule has 0 aliphatic carbocycles. The van der Waals surface area contributed by atoms with E-state index in [9.17, 15) is 4.79 Å². The van der Waals surface area contributed by atoms with Crippen LogP contribution < -0.4 is 0 Å². The first-order valence-electron chi connectivity index (χ1n) is 9.60. The maximum absolute atomic E-state index is 12.7. The summed E-state index contributed by atoms with van der Waals surface area (Å²) >= 11 is 0. The molecule has 0 unspecified atom stereocenters. The van der Waals surface area contributed by atoms with Crippen LogP contribution in [0.15, 0.2) is 66.7 Å². The number of carbonyl (C=O) groups excluding carboxylic acids is 1. The highest BCUT2D eigenvalue weighted by Crippen LogP contribution is 2.48. The first-order chi connectivity index (χ1) is 13.0. The van der Waals surface area contributed by atoms with Gasteiger partial charge in [-0.1, -0.05) is 72.3 Å². The highest BCUT2D eigenvalue weighted by atomic mass is 16.5. The SMILES string of the molecule is C=C(C)[C@@H]1C[C@@H](C(=O)OCC)[C@@H](c2ccccc2)O[C@H]1c1ccc(C)cc1. The van der Waals surface area contributed by atoms with Crippen LogP contribution in [0.25, 0.3) is 0 Å². The molecule has 142 valence electrons. The highest BCUT2D eigenvalue weighted by Gasteiger charge is 2.43. The van der Waals surface area contributed by atoms with E-state index in [1.807, 2.05) is 44.2 Å². The summed E-state index contributed by atoms with van der Waals surface area (Å²) in [5, 5.41) is 0. The Morgan fingerprint density at radius 1 is 1.04 bits per heavy atom. The standard InChI is InChI=1S/C24H28O3/c1-5-26-24(25)21-15-20(16(2)3)22(19-13-11-17(4)12-14-19)27-23(21)18-9-7-6-8-10-18/h6-14,20-23H,2,5,15H2,1,3-4H3/t20-,21+,22-,23+/m0/s1. The zero-order valence-corrected chi connectivity index (χ0v) is 16.4. The summed E-state index contributed by atoms with van der Waals surface area (Å²) in [4.78, 5) is 12.7. The Labute approximate surface area is 162 Å². The molecule has 0 amide bonds. The zero-order valence-electron chi connectivity index (χ0n) is 16.4. The lowest BCUT2D eigenvalue weighted by atomic mass is 9.76. The van der Waals surface area contributed by atoms with Crippen molar-refractivity contribution < 1.29 is 14.3 Å². The fourth-order valence-corrected chi connectivity index (χ4v) is 3.82. The van der Waals surface area contributed by atoms with Crippen molar-refractivity contribution in [3.05, 3.63) is 83.4 Å². The predicted molar refractivity (Wildman–Crippen MR) is 107 cm³/mol. The maximum Gasteiger partial charge on any atom is 0.311 e. The Morgan fingerprint density at radius 3 is 2.22 bits per heavy atom. The predicted octanol–water partition coefficient (Wildman–Crippen LogP) is 5.57. The second kappa shape index (κ2) is 8.53. The Balaban J connectivity index is 1.99. The molecule has 1 heterocycles. The lowest BCUT2D eigenvalue weighted by Crippen LogP contribution is -2.37. The van der Waals surface area contributed by atoms with Crippen LogP contribution in [0.4, 0.5) is 0 Å². The Morgan fingerprint density at radius 2 is 1.63 bits per heavy atom. The first kappa shape index (κ1) is 19.4. The highest BCUT2D eigenvalue weighted by molar-refractivity contribution is 5.73. The van der Waals surface area contributed by atoms with Crippen molar-refractivity contribution in [1.82, 2.24) is 0 Å². The van der Waals surface area contributed by atoms with Crippen LogP contribution in [0.2, 0.25) is 0 Å². The number of aryl methyl sites for hydroxylation is 1. The molecule has 1 aliphatic heterocycles. The van der Waals surface area contributed by atoms with Gasteiger partial charge in [-0.05, 0) is 38.3 Å². The van der Waals surface area contributed by atoms with Gasteiger partial charge in [-0.15, -0.1) is 0 Å².